The molecule has 0 heterocycles. The first kappa shape index (κ1) is 20.8. The van der Waals surface area contributed by atoms with Crippen LogP contribution in [-0.2, 0) is 9.53 Å². The van der Waals surface area contributed by atoms with E-state index >= 15 is 0 Å². The molecule has 0 spiro atoms. The van der Waals surface area contributed by atoms with Crippen molar-refractivity contribution in [3.63, 3.8) is 0 Å². The largest absolute Gasteiger partial charge is 0.449 e. The second kappa shape index (κ2) is 9.47. The molecule has 0 unspecified atom stereocenters. The molecular formula is C19H21N3O6. The van der Waals surface area contributed by atoms with Gasteiger partial charge in [0.1, 0.15) is 0 Å². The van der Waals surface area contributed by atoms with Crippen molar-refractivity contribution in [3.8, 4) is 0 Å². The van der Waals surface area contributed by atoms with Gasteiger partial charge in [0, 0.05) is 30.1 Å². The van der Waals surface area contributed by atoms with Crippen molar-refractivity contribution < 1.29 is 24.4 Å². The maximum absolute atomic E-state index is 12.5. The van der Waals surface area contributed by atoms with Gasteiger partial charge in [0.05, 0.1) is 17.1 Å². The van der Waals surface area contributed by atoms with E-state index in [1.165, 1.54) is 19.1 Å². The van der Waals surface area contributed by atoms with E-state index in [9.17, 15) is 19.7 Å². The average Bonchev–Trinajstić information content (AvgIpc) is 2.67. The summed E-state index contributed by atoms with van der Waals surface area (Å²) in [5, 5.41) is 25.4. The number of ether oxygens (including phenoxy) is 1. The number of para-hydroxylation sites is 1. The Labute approximate surface area is 161 Å². The van der Waals surface area contributed by atoms with Crippen LogP contribution in [0.2, 0.25) is 0 Å². The Bertz CT molecular complexity index is 884. The van der Waals surface area contributed by atoms with E-state index in [2.05, 4.69) is 10.6 Å². The quantitative estimate of drug-likeness (QED) is 0.360. The molecule has 148 valence electrons. The first-order valence-corrected chi connectivity index (χ1v) is 8.54. The number of non-ortho nitro benzene ring substituents is 1. The maximum Gasteiger partial charge on any atom is 0.341 e. The predicted molar refractivity (Wildman–Crippen MR) is 103 cm³/mol. The molecule has 9 nitrogen and oxygen atoms in total. The third-order valence-electron chi connectivity index (χ3n) is 3.92. The van der Waals surface area contributed by atoms with Crippen LogP contribution in [0.4, 0.5) is 17.1 Å². The van der Waals surface area contributed by atoms with Crippen molar-refractivity contribution >= 4 is 28.9 Å². The van der Waals surface area contributed by atoms with E-state index in [4.69, 9.17) is 9.84 Å². The van der Waals surface area contributed by atoms with Crippen molar-refractivity contribution in [2.75, 3.05) is 23.8 Å². The van der Waals surface area contributed by atoms with Gasteiger partial charge in [-0.1, -0.05) is 18.2 Å². The number of nitrogens with one attached hydrogen (secondary N) is 2. The summed E-state index contributed by atoms with van der Waals surface area (Å²) in [5.74, 6) is -1.42. The fraction of sp³-hybridized carbons (Fsp3) is 0.263. The van der Waals surface area contributed by atoms with Crippen LogP contribution in [0.5, 0.6) is 0 Å². The lowest BCUT2D eigenvalue weighted by Crippen LogP contribution is -2.30. The van der Waals surface area contributed by atoms with Gasteiger partial charge in [0.2, 0.25) is 0 Å². The van der Waals surface area contributed by atoms with Crippen molar-refractivity contribution in [1.82, 2.24) is 0 Å². The van der Waals surface area contributed by atoms with Crippen molar-refractivity contribution in [3.05, 3.63) is 63.7 Å². The highest BCUT2D eigenvalue weighted by Gasteiger charge is 2.23. The Morgan fingerprint density at radius 1 is 1.21 bits per heavy atom. The summed E-state index contributed by atoms with van der Waals surface area (Å²) in [6.07, 6.45) is -1.13. The van der Waals surface area contributed by atoms with Gasteiger partial charge in [-0.05, 0) is 31.5 Å². The van der Waals surface area contributed by atoms with Crippen molar-refractivity contribution in [1.29, 1.82) is 0 Å². The molecule has 28 heavy (non-hydrogen) atoms. The van der Waals surface area contributed by atoms with Crippen LogP contribution < -0.4 is 10.6 Å². The second-order valence-corrected chi connectivity index (χ2v) is 5.99. The third kappa shape index (κ3) is 5.27. The molecule has 2 aromatic rings. The van der Waals surface area contributed by atoms with E-state index in [1.54, 1.807) is 12.1 Å². The minimum atomic E-state index is -1.13. The van der Waals surface area contributed by atoms with Crippen molar-refractivity contribution in [2.45, 2.75) is 20.0 Å². The minimum absolute atomic E-state index is 0.0989. The highest BCUT2D eigenvalue weighted by Crippen LogP contribution is 2.23. The summed E-state index contributed by atoms with van der Waals surface area (Å²) < 4.78 is 5.19. The van der Waals surface area contributed by atoms with Gasteiger partial charge < -0.3 is 20.5 Å². The molecule has 0 bridgehead atoms. The van der Waals surface area contributed by atoms with E-state index in [0.29, 0.717) is 5.69 Å². The third-order valence-corrected chi connectivity index (χ3v) is 3.92. The number of hydrogen-bond acceptors (Lipinski definition) is 7. The fourth-order valence-electron chi connectivity index (χ4n) is 2.38. The van der Waals surface area contributed by atoms with Crippen LogP contribution in [-0.4, -0.2) is 41.2 Å². The second-order valence-electron chi connectivity index (χ2n) is 5.99. The number of nitrogens with zero attached hydrogens (tertiary/aromatic N) is 1. The Morgan fingerprint density at radius 3 is 2.57 bits per heavy atom. The topological polar surface area (TPSA) is 131 Å². The standard InChI is InChI=1S/C19H21N3O6/c1-12-5-3-4-6-16(12)21-18(24)13(2)28-19(25)15-11-14(22(26)27)7-8-17(15)20-9-10-23/h3-8,11,13,20,23H,9-10H2,1-2H3,(H,21,24)/t13-/m1/s1. The zero-order chi connectivity index (χ0) is 20.7. The molecule has 0 aliphatic rings. The van der Waals surface area contributed by atoms with E-state index in [1.807, 2.05) is 19.1 Å². The average molecular weight is 387 g/mol. The van der Waals surface area contributed by atoms with Crippen LogP contribution in [0.15, 0.2) is 42.5 Å². The molecular weight excluding hydrogens is 366 g/mol. The van der Waals surface area contributed by atoms with Gasteiger partial charge in [-0.25, -0.2) is 4.79 Å². The number of esters is 1. The van der Waals surface area contributed by atoms with E-state index in [-0.39, 0.29) is 30.1 Å². The lowest BCUT2D eigenvalue weighted by Gasteiger charge is -2.16. The smallest absolute Gasteiger partial charge is 0.341 e. The first-order chi connectivity index (χ1) is 13.3. The molecule has 1 amide bonds. The molecule has 1 atom stereocenters. The van der Waals surface area contributed by atoms with Crippen LogP contribution in [0.3, 0.4) is 0 Å². The summed E-state index contributed by atoms with van der Waals surface area (Å²) in [7, 11) is 0. The Morgan fingerprint density at radius 2 is 1.93 bits per heavy atom. The fourth-order valence-corrected chi connectivity index (χ4v) is 2.38. The number of carbonyl (C=O) groups is 2. The SMILES string of the molecule is Cc1ccccc1NC(=O)[C@@H](C)OC(=O)c1cc([N+](=O)[O-])ccc1NCCO. The Kier molecular flexibility index (Phi) is 7.05. The van der Waals surface area contributed by atoms with Gasteiger partial charge in [0.25, 0.3) is 11.6 Å². The molecule has 0 aliphatic heterocycles. The highest BCUT2D eigenvalue weighted by atomic mass is 16.6. The lowest BCUT2D eigenvalue weighted by atomic mass is 10.1. The lowest BCUT2D eigenvalue weighted by molar-refractivity contribution is -0.384. The monoisotopic (exact) mass is 387 g/mol. The van der Waals surface area contributed by atoms with E-state index in [0.717, 1.165) is 11.6 Å². The Balaban J connectivity index is 2.15. The number of aliphatic hydroxyl groups is 1. The number of aryl methyl sites for hydroxylation is 1. The van der Waals surface area contributed by atoms with Gasteiger partial charge in [-0.3, -0.25) is 14.9 Å². The molecule has 0 aliphatic carbocycles. The molecule has 2 aromatic carbocycles. The number of aliphatic hydroxyl groups excluding tert-OH is 1. The molecule has 0 saturated heterocycles. The number of rotatable bonds is 8. The Hall–Kier alpha value is -3.46. The molecule has 9 heteroatoms. The van der Waals surface area contributed by atoms with Gasteiger partial charge in [-0.15, -0.1) is 0 Å². The van der Waals surface area contributed by atoms with Crippen LogP contribution in [0, 0.1) is 17.0 Å². The zero-order valence-electron chi connectivity index (χ0n) is 15.5. The zero-order valence-corrected chi connectivity index (χ0v) is 15.5. The summed E-state index contributed by atoms with van der Waals surface area (Å²) in [6.45, 7) is 3.18. The number of amides is 1. The highest BCUT2D eigenvalue weighted by molar-refractivity contribution is 6.00. The van der Waals surface area contributed by atoms with Crippen LogP contribution >= 0.6 is 0 Å². The number of nitro groups is 1. The van der Waals surface area contributed by atoms with Gasteiger partial charge in [0.15, 0.2) is 6.10 Å². The minimum Gasteiger partial charge on any atom is -0.449 e. The summed E-state index contributed by atoms with van der Waals surface area (Å²) in [5.41, 5.74) is 1.31. The predicted octanol–water partition coefficient (Wildman–Crippen LogP) is 2.49. The normalized spacial score (nSPS) is 11.4. The summed E-state index contributed by atoms with van der Waals surface area (Å²) in [4.78, 5) is 35.2. The maximum atomic E-state index is 12.5. The number of anilines is 2. The molecule has 0 fully saturated rings. The molecule has 0 saturated carbocycles. The van der Waals surface area contributed by atoms with Crippen LogP contribution in [0.1, 0.15) is 22.8 Å². The van der Waals surface area contributed by atoms with Gasteiger partial charge in [-0.2, -0.15) is 0 Å². The first-order valence-electron chi connectivity index (χ1n) is 8.54. The van der Waals surface area contributed by atoms with Crippen molar-refractivity contribution in [2.24, 2.45) is 0 Å². The van der Waals surface area contributed by atoms with Gasteiger partial charge >= 0.3 is 5.97 Å². The number of hydrogen-bond donors (Lipinski definition) is 3. The van der Waals surface area contributed by atoms with E-state index < -0.39 is 22.9 Å². The van der Waals surface area contributed by atoms with Crippen LogP contribution in [0.25, 0.3) is 0 Å². The number of benzene rings is 2. The molecule has 0 aromatic heterocycles. The number of carbonyl (C=O) groups excluding carboxylic acids is 2. The summed E-state index contributed by atoms with van der Waals surface area (Å²) in [6, 6.07) is 10.8. The molecule has 3 N–H and O–H groups in total. The molecule has 0 radical (unpaired) electrons. The molecule has 2 rings (SSSR count). The summed E-state index contributed by atoms with van der Waals surface area (Å²) >= 11 is 0. The number of nitro benzene ring substituents is 1.